The van der Waals surface area contributed by atoms with Crippen LogP contribution in [-0.2, 0) is 14.3 Å². The molecule has 158 valence electrons. The maximum Gasteiger partial charge on any atom is 0.338 e. The highest BCUT2D eigenvalue weighted by atomic mass is 32.2. The number of likely N-dealkylation sites (N-methyl/N-ethyl adjacent to an activating group) is 1. The van der Waals surface area contributed by atoms with E-state index in [2.05, 4.69) is 16.0 Å². The van der Waals surface area contributed by atoms with Gasteiger partial charge in [0, 0.05) is 4.90 Å². The Hall–Kier alpha value is -2.52. The average molecular weight is 422 g/mol. The normalized spacial score (nSPS) is 17.2. The van der Waals surface area contributed by atoms with E-state index in [-0.39, 0.29) is 25.1 Å². The van der Waals surface area contributed by atoms with Crippen LogP contribution < -0.4 is 20.9 Å². The van der Waals surface area contributed by atoms with Crippen LogP contribution >= 0.6 is 11.8 Å². The number of esters is 1. The summed E-state index contributed by atoms with van der Waals surface area (Å²) >= 11 is 1.56. The quantitative estimate of drug-likeness (QED) is 0.349. The number of thioether (sulfide) groups is 1. The Kier molecular flexibility index (Phi) is 8.53. The fourth-order valence-electron chi connectivity index (χ4n) is 3.18. The molecule has 4 N–H and O–H groups in total. The number of rotatable bonds is 9. The lowest BCUT2D eigenvalue weighted by atomic mass is 10.00. The minimum Gasteiger partial charge on any atom is -0.463 e. The van der Waals surface area contributed by atoms with Gasteiger partial charge in [-0.05, 0) is 31.7 Å². The van der Waals surface area contributed by atoms with Crippen molar-refractivity contribution in [3.63, 3.8) is 0 Å². The lowest BCUT2D eigenvalue weighted by Crippen LogP contribution is -3.10. The van der Waals surface area contributed by atoms with Crippen LogP contribution in [0.1, 0.15) is 20.3 Å². The number of quaternary nitrogens is 1. The van der Waals surface area contributed by atoms with Crippen molar-refractivity contribution in [1.29, 1.82) is 0 Å². The fraction of sp³-hybridized carbons (Fsp3) is 0.450. The highest BCUT2D eigenvalue weighted by Gasteiger charge is 2.33. The summed E-state index contributed by atoms with van der Waals surface area (Å²) in [5, 5.41) is 8.38. The molecule has 9 heteroatoms. The van der Waals surface area contributed by atoms with Crippen molar-refractivity contribution >= 4 is 35.4 Å². The number of carbonyl (C=O) groups excluding carboxylic acids is 3. The third kappa shape index (κ3) is 6.23. The van der Waals surface area contributed by atoms with Gasteiger partial charge >= 0.3 is 12.0 Å². The van der Waals surface area contributed by atoms with Gasteiger partial charge in [-0.15, -0.1) is 11.8 Å². The molecule has 0 radical (unpaired) electrons. The van der Waals surface area contributed by atoms with Gasteiger partial charge in [-0.2, -0.15) is 0 Å². The van der Waals surface area contributed by atoms with E-state index in [4.69, 9.17) is 4.74 Å². The summed E-state index contributed by atoms with van der Waals surface area (Å²) in [4.78, 5) is 38.7. The second-order valence-corrected chi connectivity index (χ2v) is 7.58. The third-order valence-electron chi connectivity index (χ3n) is 4.47. The number of anilines is 1. The Balaban J connectivity index is 2.11. The molecule has 0 saturated heterocycles. The zero-order chi connectivity index (χ0) is 21.4. The summed E-state index contributed by atoms with van der Waals surface area (Å²) < 4.78 is 5.17. The van der Waals surface area contributed by atoms with E-state index >= 15 is 0 Å². The van der Waals surface area contributed by atoms with Crippen LogP contribution in [0.2, 0.25) is 0 Å². The number of nitrogens with one attached hydrogen (secondary N) is 4. The molecule has 0 aromatic heterocycles. The van der Waals surface area contributed by atoms with E-state index in [1.165, 1.54) is 0 Å². The molecule has 2 rings (SSSR count). The van der Waals surface area contributed by atoms with Gasteiger partial charge in [0.25, 0.3) is 5.91 Å². The van der Waals surface area contributed by atoms with E-state index < -0.39 is 12.0 Å². The smallest absolute Gasteiger partial charge is 0.338 e. The summed E-state index contributed by atoms with van der Waals surface area (Å²) in [6, 6.07) is 6.84. The van der Waals surface area contributed by atoms with Crippen LogP contribution in [0.25, 0.3) is 0 Å². The van der Waals surface area contributed by atoms with Crippen LogP contribution in [-0.4, -0.2) is 56.9 Å². The zero-order valence-electron chi connectivity index (χ0n) is 17.3. The van der Waals surface area contributed by atoms with Crippen molar-refractivity contribution < 1.29 is 24.0 Å². The standard InChI is InChI=1S/C20H28N4O4S/c1-5-13-18(19(26)28-6-2)15(23-20(27)22-13)11-24(3)12-17(25)21-14-9-7-8-10-16(14)29-4/h7-10,13H,5-6,11-12H2,1-4H3,(H,21,25)(H2,22,23,27)/p+1/t13-/m1/s1. The van der Waals surface area contributed by atoms with Gasteiger partial charge in [-0.25, -0.2) is 9.59 Å². The first-order valence-electron chi connectivity index (χ1n) is 9.61. The number of ether oxygens (including phenoxy) is 1. The Morgan fingerprint density at radius 3 is 2.66 bits per heavy atom. The van der Waals surface area contributed by atoms with Gasteiger partial charge in [0.2, 0.25) is 0 Å². The lowest BCUT2D eigenvalue weighted by Gasteiger charge is -2.29. The van der Waals surface area contributed by atoms with E-state index in [1.54, 1.807) is 18.7 Å². The van der Waals surface area contributed by atoms with Gasteiger partial charge in [0.05, 0.1) is 36.7 Å². The molecule has 1 aliphatic heterocycles. The highest BCUT2D eigenvalue weighted by molar-refractivity contribution is 7.98. The van der Waals surface area contributed by atoms with Crippen LogP contribution in [0.15, 0.2) is 40.4 Å². The van der Waals surface area contributed by atoms with Crippen molar-refractivity contribution in [2.75, 3.05) is 38.3 Å². The van der Waals surface area contributed by atoms with Crippen LogP contribution in [0.4, 0.5) is 10.5 Å². The largest absolute Gasteiger partial charge is 0.463 e. The molecule has 3 amide bonds. The van der Waals surface area contributed by atoms with Gasteiger partial charge in [0.1, 0.15) is 6.54 Å². The Morgan fingerprint density at radius 2 is 2.00 bits per heavy atom. The Bertz CT molecular complexity index is 796. The van der Waals surface area contributed by atoms with E-state index in [0.717, 1.165) is 15.5 Å². The van der Waals surface area contributed by atoms with Gasteiger partial charge < -0.3 is 25.6 Å². The Labute approximate surface area is 175 Å². The second kappa shape index (κ2) is 10.9. The SMILES string of the molecule is CCOC(=O)C1=C(C[NH+](C)CC(=O)Nc2ccccc2SC)NC(=O)N[C@@H]1CC. The predicted molar refractivity (Wildman–Crippen MR) is 113 cm³/mol. The molecular formula is C20H29N4O4S+. The average Bonchev–Trinajstić information content (AvgIpc) is 2.67. The number of para-hydroxylation sites is 1. The van der Waals surface area contributed by atoms with Crippen molar-refractivity contribution in [2.45, 2.75) is 31.2 Å². The summed E-state index contributed by atoms with van der Waals surface area (Å²) in [6.45, 7) is 4.38. The molecule has 1 aliphatic rings. The minimum absolute atomic E-state index is 0.144. The first-order chi connectivity index (χ1) is 13.9. The van der Waals surface area contributed by atoms with Gasteiger partial charge in [-0.3, -0.25) is 4.79 Å². The van der Waals surface area contributed by atoms with Gasteiger partial charge in [-0.1, -0.05) is 19.1 Å². The second-order valence-electron chi connectivity index (χ2n) is 6.73. The molecular weight excluding hydrogens is 392 g/mol. The summed E-state index contributed by atoms with van der Waals surface area (Å²) in [5.41, 5.74) is 1.68. The number of hydrogen-bond acceptors (Lipinski definition) is 5. The molecule has 0 saturated carbocycles. The molecule has 8 nitrogen and oxygen atoms in total. The topological polar surface area (TPSA) is 101 Å². The zero-order valence-corrected chi connectivity index (χ0v) is 18.1. The molecule has 1 aromatic carbocycles. The van der Waals surface area contributed by atoms with Gasteiger partial charge in [0.15, 0.2) is 6.54 Å². The van der Waals surface area contributed by atoms with Crippen molar-refractivity contribution in [1.82, 2.24) is 10.6 Å². The molecule has 1 aromatic rings. The molecule has 0 aliphatic carbocycles. The number of carbonyl (C=O) groups is 3. The summed E-state index contributed by atoms with van der Waals surface area (Å²) in [6.07, 6.45) is 2.52. The summed E-state index contributed by atoms with van der Waals surface area (Å²) in [7, 11) is 1.84. The van der Waals surface area contributed by atoms with E-state index in [9.17, 15) is 14.4 Å². The molecule has 0 spiro atoms. The van der Waals surface area contributed by atoms with Crippen LogP contribution in [0, 0.1) is 0 Å². The molecule has 0 fully saturated rings. The molecule has 0 bridgehead atoms. The fourth-order valence-corrected chi connectivity index (χ4v) is 3.74. The monoisotopic (exact) mass is 421 g/mol. The summed E-state index contributed by atoms with van der Waals surface area (Å²) in [5.74, 6) is -0.595. The number of hydrogen-bond donors (Lipinski definition) is 4. The molecule has 1 heterocycles. The van der Waals surface area contributed by atoms with E-state index in [0.29, 0.717) is 24.2 Å². The molecule has 1 unspecified atom stereocenters. The molecule has 29 heavy (non-hydrogen) atoms. The van der Waals surface area contributed by atoms with E-state index in [1.807, 2.05) is 44.5 Å². The first kappa shape index (κ1) is 22.8. The number of amides is 3. The first-order valence-corrected chi connectivity index (χ1v) is 10.8. The van der Waals surface area contributed by atoms with Crippen LogP contribution in [0.5, 0.6) is 0 Å². The van der Waals surface area contributed by atoms with Crippen LogP contribution in [0.3, 0.4) is 0 Å². The highest BCUT2D eigenvalue weighted by Crippen LogP contribution is 2.24. The number of benzene rings is 1. The minimum atomic E-state index is -0.451. The van der Waals surface area contributed by atoms with Crippen molar-refractivity contribution in [3.8, 4) is 0 Å². The predicted octanol–water partition coefficient (Wildman–Crippen LogP) is 0.770. The Morgan fingerprint density at radius 1 is 1.28 bits per heavy atom. The van der Waals surface area contributed by atoms with Crippen molar-refractivity contribution in [3.05, 3.63) is 35.5 Å². The van der Waals surface area contributed by atoms with Crippen molar-refractivity contribution in [2.24, 2.45) is 0 Å². The maximum atomic E-state index is 12.5. The maximum absolute atomic E-state index is 12.5. The number of urea groups is 1. The molecule has 2 atom stereocenters. The third-order valence-corrected chi connectivity index (χ3v) is 5.26. The lowest BCUT2D eigenvalue weighted by molar-refractivity contribution is -0.866.